The standard InChI is InChI=1S/C14H27O/c1-2-3-4-5-6-7-8-9-10-11-14-12-13-15-14/h3,14H,2,4-13H2,1H3. The Kier molecular flexibility index (Phi) is 7.99. The topological polar surface area (TPSA) is 9.23 Å². The molecule has 0 N–H and O–H groups in total. The van der Waals surface area contributed by atoms with Crippen molar-refractivity contribution in [2.45, 2.75) is 77.2 Å². The normalized spacial score (nSPS) is 20.2. The van der Waals surface area contributed by atoms with Crippen molar-refractivity contribution < 1.29 is 4.74 Å². The molecule has 1 saturated heterocycles. The van der Waals surface area contributed by atoms with Crippen LogP contribution in [0.15, 0.2) is 0 Å². The summed E-state index contributed by atoms with van der Waals surface area (Å²) in [6.07, 6.45) is 16.7. The summed E-state index contributed by atoms with van der Waals surface area (Å²) in [6.45, 7) is 3.24. The number of hydrogen-bond acceptors (Lipinski definition) is 1. The maximum absolute atomic E-state index is 5.40. The van der Waals surface area contributed by atoms with Gasteiger partial charge in [-0.15, -0.1) is 0 Å². The quantitative estimate of drug-likeness (QED) is 0.483. The van der Waals surface area contributed by atoms with Gasteiger partial charge in [0.25, 0.3) is 0 Å². The lowest BCUT2D eigenvalue weighted by Crippen LogP contribution is -2.26. The van der Waals surface area contributed by atoms with E-state index in [2.05, 4.69) is 13.3 Å². The van der Waals surface area contributed by atoms with Crippen molar-refractivity contribution in [2.24, 2.45) is 0 Å². The highest BCUT2D eigenvalue weighted by Gasteiger charge is 2.16. The first-order chi connectivity index (χ1) is 7.43. The molecule has 15 heavy (non-hydrogen) atoms. The molecule has 0 spiro atoms. The number of rotatable bonds is 10. The first kappa shape index (κ1) is 13.0. The van der Waals surface area contributed by atoms with E-state index in [0.29, 0.717) is 6.10 Å². The summed E-state index contributed by atoms with van der Waals surface area (Å²) in [6, 6.07) is 0. The maximum Gasteiger partial charge on any atom is 0.0597 e. The van der Waals surface area contributed by atoms with Crippen LogP contribution in [0.3, 0.4) is 0 Å². The summed E-state index contributed by atoms with van der Waals surface area (Å²) >= 11 is 0. The van der Waals surface area contributed by atoms with E-state index < -0.39 is 0 Å². The molecule has 1 unspecified atom stereocenters. The zero-order valence-electron chi connectivity index (χ0n) is 10.3. The summed E-state index contributed by atoms with van der Waals surface area (Å²) in [7, 11) is 0. The fourth-order valence-electron chi connectivity index (χ4n) is 2.08. The van der Waals surface area contributed by atoms with Crippen LogP contribution in [0, 0.1) is 6.42 Å². The molecule has 1 aliphatic heterocycles. The highest BCUT2D eigenvalue weighted by Crippen LogP contribution is 2.18. The van der Waals surface area contributed by atoms with E-state index in [9.17, 15) is 0 Å². The van der Waals surface area contributed by atoms with Crippen LogP contribution in [0.2, 0.25) is 0 Å². The lowest BCUT2D eigenvalue weighted by Gasteiger charge is -2.26. The second-order valence-corrected chi connectivity index (χ2v) is 4.68. The monoisotopic (exact) mass is 211 g/mol. The third-order valence-electron chi connectivity index (χ3n) is 3.27. The van der Waals surface area contributed by atoms with Gasteiger partial charge >= 0.3 is 0 Å². The number of hydrogen-bond donors (Lipinski definition) is 0. The van der Waals surface area contributed by atoms with Crippen LogP contribution in [-0.4, -0.2) is 12.7 Å². The van der Waals surface area contributed by atoms with Crippen molar-refractivity contribution >= 4 is 0 Å². The van der Waals surface area contributed by atoms with Gasteiger partial charge in [0.1, 0.15) is 0 Å². The van der Waals surface area contributed by atoms with Crippen molar-refractivity contribution in [3.8, 4) is 0 Å². The van der Waals surface area contributed by atoms with Gasteiger partial charge in [-0.25, -0.2) is 0 Å². The molecule has 1 atom stereocenters. The Bertz CT molecular complexity index is 129. The minimum Gasteiger partial charge on any atom is -0.378 e. The SMILES string of the molecule is CC[CH]CCCCCCCCC1CCO1. The summed E-state index contributed by atoms with van der Waals surface area (Å²) in [5.41, 5.74) is 0. The molecule has 1 heterocycles. The average molecular weight is 211 g/mol. The van der Waals surface area contributed by atoms with Crippen LogP contribution < -0.4 is 0 Å². The molecule has 1 heteroatoms. The molecule has 0 aromatic heterocycles. The van der Waals surface area contributed by atoms with E-state index in [0.717, 1.165) is 6.61 Å². The second kappa shape index (κ2) is 9.21. The van der Waals surface area contributed by atoms with Crippen LogP contribution >= 0.6 is 0 Å². The molecule has 1 fully saturated rings. The van der Waals surface area contributed by atoms with Crippen LogP contribution in [0.4, 0.5) is 0 Å². The molecule has 0 aliphatic carbocycles. The molecule has 0 saturated carbocycles. The van der Waals surface area contributed by atoms with Gasteiger partial charge in [0.15, 0.2) is 0 Å². The highest BCUT2D eigenvalue weighted by atomic mass is 16.5. The number of ether oxygens (including phenoxy) is 1. The van der Waals surface area contributed by atoms with Gasteiger partial charge in [-0.05, 0) is 19.3 Å². The molecular weight excluding hydrogens is 184 g/mol. The Morgan fingerprint density at radius 3 is 2.33 bits per heavy atom. The lowest BCUT2D eigenvalue weighted by atomic mass is 10.0. The van der Waals surface area contributed by atoms with E-state index >= 15 is 0 Å². The fourth-order valence-corrected chi connectivity index (χ4v) is 2.08. The molecule has 1 aliphatic rings. The maximum atomic E-state index is 5.40. The molecule has 1 nitrogen and oxygen atoms in total. The molecule has 0 aromatic rings. The smallest absolute Gasteiger partial charge is 0.0597 e. The molecule has 1 rings (SSSR count). The molecule has 89 valence electrons. The largest absolute Gasteiger partial charge is 0.378 e. The van der Waals surface area contributed by atoms with Crippen molar-refractivity contribution in [1.29, 1.82) is 0 Å². The average Bonchev–Trinajstić information content (AvgIpc) is 2.18. The van der Waals surface area contributed by atoms with Crippen LogP contribution in [0.5, 0.6) is 0 Å². The Balaban J connectivity index is 1.66. The molecule has 0 amide bonds. The van der Waals surface area contributed by atoms with Gasteiger partial charge in [-0.3, -0.25) is 0 Å². The summed E-state index contributed by atoms with van der Waals surface area (Å²) in [5.74, 6) is 0. The Labute approximate surface area is 95.6 Å². The third-order valence-corrected chi connectivity index (χ3v) is 3.27. The zero-order valence-corrected chi connectivity index (χ0v) is 10.3. The summed E-state index contributed by atoms with van der Waals surface area (Å²) < 4.78 is 5.40. The molecule has 1 radical (unpaired) electrons. The third kappa shape index (κ3) is 6.94. The predicted molar refractivity (Wildman–Crippen MR) is 65.9 cm³/mol. The van der Waals surface area contributed by atoms with E-state index in [4.69, 9.17) is 4.74 Å². The first-order valence-corrected chi connectivity index (χ1v) is 6.86. The van der Waals surface area contributed by atoms with Gasteiger partial charge in [0, 0.05) is 6.61 Å². The molecule has 0 bridgehead atoms. The summed E-state index contributed by atoms with van der Waals surface area (Å²) in [5, 5.41) is 0. The van der Waals surface area contributed by atoms with E-state index in [1.807, 2.05) is 0 Å². The second-order valence-electron chi connectivity index (χ2n) is 4.68. The van der Waals surface area contributed by atoms with Gasteiger partial charge in [-0.1, -0.05) is 58.3 Å². The first-order valence-electron chi connectivity index (χ1n) is 6.86. The van der Waals surface area contributed by atoms with Gasteiger partial charge in [0.05, 0.1) is 6.10 Å². The minimum absolute atomic E-state index is 0.629. The van der Waals surface area contributed by atoms with E-state index in [1.165, 1.54) is 64.2 Å². The van der Waals surface area contributed by atoms with Crippen LogP contribution in [-0.2, 0) is 4.74 Å². The number of unbranched alkanes of at least 4 members (excludes halogenated alkanes) is 8. The van der Waals surface area contributed by atoms with Crippen molar-refractivity contribution in [2.75, 3.05) is 6.61 Å². The zero-order chi connectivity index (χ0) is 10.8. The van der Waals surface area contributed by atoms with E-state index in [1.54, 1.807) is 0 Å². The Hall–Kier alpha value is -0.0400. The Morgan fingerprint density at radius 2 is 1.73 bits per heavy atom. The van der Waals surface area contributed by atoms with Gasteiger partial charge in [-0.2, -0.15) is 0 Å². The van der Waals surface area contributed by atoms with Crippen molar-refractivity contribution in [3.63, 3.8) is 0 Å². The van der Waals surface area contributed by atoms with Crippen molar-refractivity contribution in [1.82, 2.24) is 0 Å². The summed E-state index contributed by atoms with van der Waals surface area (Å²) in [4.78, 5) is 0. The van der Waals surface area contributed by atoms with Gasteiger partial charge < -0.3 is 4.74 Å². The van der Waals surface area contributed by atoms with Crippen molar-refractivity contribution in [3.05, 3.63) is 6.42 Å². The molecule has 0 aromatic carbocycles. The van der Waals surface area contributed by atoms with Crippen LogP contribution in [0.1, 0.15) is 71.1 Å². The predicted octanol–water partition coefficient (Wildman–Crippen LogP) is 4.51. The lowest BCUT2D eigenvalue weighted by molar-refractivity contribution is -0.0555. The van der Waals surface area contributed by atoms with Gasteiger partial charge in [0.2, 0.25) is 0 Å². The minimum atomic E-state index is 0.629. The fraction of sp³-hybridized carbons (Fsp3) is 0.929. The highest BCUT2D eigenvalue weighted by molar-refractivity contribution is 4.66. The molecular formula is C14H27O. The van der Waals surface area contributed by atoms with Crippen LogP contribution in [0.25, 0.3) is 0 Å². The Morgan fingerprint density at radius 1 is 1.07 bits per heavy atom. The van der Waals surface area contributed by atoms with E-state index in [-0.39, 0.29) is 0 Å².